The third-order valence-corrected chi connectivity index (χ3v) is 4.31. The van der Waals surface area contributed by atoms with Crippen LogP contribution in [0.3, 0.4) is 0 Å². The number of piperazine rings is 1. The Balaban J connectivity index is 1.84. The summed E-state index contributed by atoms with van der Waals surface area (Å²) in [4.78, 5) is 2.39. The van der Waals surface area contributed by atoms with Gasteiger partial charge in [-0.25, -0.2) is 8.78 Å². The molecule has 0 amide bonds. The van der Waals surface area contributed by atoms with Crippen molar-refractivity contribution in [1.29, 1.82) is 0 Å². The monoisotopic (exact) mass is 348 g/mol. The minimum Gasteiger partial charge on any atom is -0.314 e. The third kappa shape index (κ3) is 4.80. The van der Waals surface area contributed by atoms with Crippen molar-refractivity contribution in [2.75, 3.05) is 39.3 Å². The van der Waals surface area contributed by atoms with Gasteiger partial charge in [0.05, 0.1) is 5.70 Å². The Morgan fingerprint density at radius 3 is 2.60 bits per heavy atom. The molecule has 1 fully saturated rings. The van der Waals surface area contributed by atoms with E-state index in [2.05, 4.69) is 35.7 Å². The first-order valence-corrected chi connectivity index (χ1v) is 8.85. The van der Waals surface area contributed by atoms with E-state index in [4.69, 9.17) is 0 Å². The fraction of sp³-hybridized carbons (Fsp3) is 0.474. The van der Waals surface area contributed by atoms with Gasteiger partial charge in [0.1, 0.15) is 11.6 Å². The molecule has 0 aliphatic carbocycles. The van der Waals surface area contributed by atoms with E-state index in [1.807, 2.05) is 11.1 Å². The maximum Gasteiger partial charge on any atom is 0.135 e. The minimum atomic E-state index is -0.562. The van der Waals surface area contributed by atoms with Gasteiger partial charge in [-0.15, -0.1) is 0 Å². The Morgan fingerprint density at radius 1 is 1.16 bits per heavy atom. The number of hydrazine groups is 1. The zero-order chi connectivity index (χ0) is 17.8. The van der Waals surface area contributed by atoms with Gasteiger partial charge >= 0.3 is 0 Å². The van der Waals surface area contributed by atoms with E-state index in [1.54, 1.807) is 0 Å². The van der Waals surface area contributed by atoms with Crippen molar-refractivity contribution >= 4 is 5.70 Å². The number of benzene rings is 1. The van der Waals surface area contributed by atoms with Gasteiger partial charge in [-0.05, 0) is 29.7 Å². The number of halogens is 2. The van der Waals surface area contributed by atoms with E-state index in [0.717, 1.165) is 50.9 Å². The van der Waals surface area contributed by atoms with Crippen molar-refractivity contribution in [2.24, 2.45) is 5.92 Å². The van der Waals surface area contributed by atoms with Crippen LogP contribution >= 0.6 is 0 Å². The van der Waals surface area contributed by atoms with Crippen LogP contribution < -0.4 is 10.7 Å². The van der Waals surface area contributed by atoms with E-state index in [9.17, 15) is 8.78 Å². The third-order valence-electron chi connectivity index (χ3n) is 4.31. The average molecular weight is 348 g/mol. The van der Waals surface area contributed by atoms with Gasteiger partial charge in [-0.2, -0.15) is 0 Å². The van der Waals surface area contributed by atoms with E-state index in [1.165, 1.54) is 12.1 Å². The fourth-order valence-corrected chi connectivity index (χ4v) is 3.19. The second-order valence-corrected chi connectivity index (χ2v) is 7.07. The summed E-state index contributed by atoms with van der Waals surface area (Å²) in [6, 6.07) is 3.71. The van der Waals surface area contributed by atoms with Crippen molar-refractivity contribution in [1.82, 2.24) is 20.7 Å². The molecule has 2 heterocycles. The van der Waals surface area contributed by atoms with Crippen LogP contribution in [0.15, 0.2) is 36.0 Å². The Kier molecular flexibility index (Phi) is 5.71. The molecule has 0 aromatic heterocycles. The molecular weight excluding hydrogens is 322 g/mol. The Bertz CT molecular complexity index is 663. The van der Waals surface area contributed by atoms with Gasteiger partial charge in [0.15, 0.2) is 0 Å². The summed E-state index contributed by atoms with van der Waals surface area (Å²) in [6.07, 6.45) is 4.06. The van der Waals surface area contributed by atoms with Crippen LogP contribution in [0.1, 0.15) is 19.4 Å². The molecule has 2 aliphatic heterocycles. The Morgan fingerprint density at radius 2 is 1.92 bits per heavy atom. The highest BCUT2D eigenvalue weighted by Gasteiger charge is 2.19. The predicted molar refractivity (Wildman–Crippen MR) is 96.4 cm³/mol. The van der Waals surface area contributed by atoms with Gasteiger partial charge in [0.2, 0.25) is 0 Å². The number of hydrogen-bond acceptors (Lipinski definition) is 4. The average Bonchev–Trinajstić information content (AvgIpc) is 2.55. The summed E-state index contributed by atoms with van der Waals surface area (Å²) < 4.78 is 27.5. The standard InChI is InChI=1S/C19H26F2N4/c1-14(2)11-25-13-15(12-24-7-5-22-6-8-24)9-19(23-25)17-4-3-16(20)10-18(17)21/h3-4,9-10,13-14,22-23H,5-8,11-12H2,1-2H3. The van der Waals surface area contributed by atoms with Gasteiger partial charge in [-0.3, -0.25) is 15.3 Å². The van der Waals surface area contributed by atoms with Crippen molar-refractivity contribution < 1.29 is 8.78 Å². The molecule has 6 heteroatoms. The predicted octanol–water partition coefficient (Wildman–Crippen LogP) is 2.57. The lowest BCUT2D eigenvalue weighted by atomic mass is 10.1. The number of hydrogen-bond donors (Lipinski definition) is 2. The zero-order valence-corrected chi connectivity index (χ0v) is 14.9. The SMILES string of the molecule is CC(C)CN1C=C(CN2CCNCC2)C=C(c2ccc(F)cc2F)N1. The quantitative estimate of drug-likeness (QED) is 0.856. The molecule has 1 saturated heterocycles. The summed E-state index contributed by atoms with van der Waals surface area (Å²) in [6.45, 7) is 9.90. The normalized spacial score (nSPS) is 18.8. The molecule has 0 atom stereocenters. The van der Waals surface area contributed by atoms with Crippen molar-refractivity contribution in [3.8, 4) is 0 Å². The highest BCUT2D eigenvalue weighted by Crippen LogP contribution is 2.23. The molecule has 136 valence electrons. The lowest BCUT2D eigenvalue weighted by molar-refractivity contribution is 0.250. The molecule has 3 rings (SSSR count). The Labute approximate surface area is 148 Å². The summed E-state index contributed by atoms with van der Waals surface area (Å²) in [5.41, 5.74) is 5.44. The largest absolute Gasteiger partial charge is 0.314 e. The first-order chi connectivity index (χ1) is 12.0. The fourth-order valence-electron chi connectivity index (χ4n) is 3.19. The lowest BCUT2D eigenvalue weighted by Gasteiger charge is -2.33. The molecule has 2 aliphatic rings. The van der Waals surface area contributed by atoms with Gasteiger partial charge < -0.3 is 5.32 Å². The lowest BCUT2D eigenvalue weighted by Crippen LogP contribution is -2.45. The van der Waals surface area contributed by atoms with Crippen molar-refractivity contribution in [3.05, 3.63) is 53.2 Å². The first-order valence-electron chi connectivity index (χ1n) is 8.85. The summed E-state index contributed by atoms with van der Waals surface area (Å²) >= 11 is 0. The molecule has 0 radical (unpaired) electrons. The van der Waals surface area contributed by atoms with Crippen LogP contribution in [0.2, 0.25) is 0 Å². The van der Waals surface area contributed by atoms with Gasteiger partial charge in [0, 0.05) is 57.1 Å². The molecule has 4 nitrogen and oxygen atoms in total. The summed E-state index contributed by atoms with van der Waals surface area (Å²) in [5.74, 6) is -0.651. The molecule has 1 aromatic carbocycles. The van der Waals surface area contributed by atoms with Crippen LogP contribution in [0.4, 0.5) is 8.78 Å². The molecule has 0 spiro atoms. The molecule has 0 bridgehead atoms. The van der Waals surface area contributed by atoms with Gasteiger partial charge in [-0.1, -0.05) is 13.8 Å². The second-order valence-electron chi connectivity index (χ2n) is 7.07. The van der Waals surface area contributed by atoms with Crippen molar-refractivity contribution in [2.45, 2.75) is 13.8 Å². The number of rotatable bonds is 5. The highest BCUT2D eigenvalue weighted by atomic mass is 19.1. The van der Waals surface area contributed by atoms with E-state index in [0.29, 0.717) is 17.2 Å². The minimum absolute atomic E-state index is 0.390. The van der Waals surface area contributed by atoms with Gasteiger partial charge in [0.25, 0.3) is 0 Å². The highest BCUT2D eigenvalue weighted by molar-refractivity contribution is 5.68. The van der Waals surface area contributed by atoms with E-state index < -0.39 is 11.6 Å². The smallest absolute Gasteiger partial charge is 0.135 e. The maximum absolute atomic E-state index is 14.2. The molecule has 2 N–H and O–H groups in total. The number of nitrogens with one attached hydrogen (secondary N) is 2. The van der Waals surface area contributed by atoms with Crippen molar-refractivity contribution in [3.63, 3.8) is 0 Å². The molecule has 0 unspecified atom stereocenters. The maximum atomic E-state index is 14.2. The van der Waals surface area contributed by atoms with Crippen LogP contribution in [0.5, 0.6) is 0 Å². The second kappa shape index (κ2) is 7.97. The van der Waals surface area contributed by atoms with E-state index >= 15 is 0 Å². The molecular formula is C19H26F2N4. The molecule has 1 aromatic rings. The van der Waals surface area contributed by atoms with Crippen LogP contribution in [0.25, 0.3) is 5.70 Å². The zero-order valence-electron chi connectivity index (χ0n) is 14.9. The van der Waals surface area contributed by atoms with Crippen LogP contribution in [0, 0.1) is 17.6 Å². The van der Waals surface area contributed by atoms with Crippen LogP contribution in [-0.4, -0.2) is 49.2 Å². The number of nitrogens with zero attached hydrogens (tertiary/aromatic N) is 2. The molecule has 0 saturated carbocycles. The Hall–Kier alpha value is -1.92. The molecule has 25 heavy (non-hydrogen) atoms. The summed E-state index contributed by atoms with van der Waals surface area (Å²) in [5, 5.41) is 5.35. The first kappa shape index (κ1) is 17.9. The summed E-state index contributed by atoms with van der Waals surface area (Å²) in [7, 11) is 0. The topological polar surface area (TPSA) is 30.5 Å². The van der Waals surface area contributed by atoms with Crippen LogP contribution in [-0.2, 0) is 0 Å². The van der Waals surface area contributed by atoms with E-state index in [-0.39, 0.29) is 0 Å².